The first-order valence-electron chi connectivity index (χ1n) is 13.8. The number of benzene rings is 2. The van der Waals surface area contributed by atoms with E-state index in [2.05, 4.69) is 15.2 Å². The van der Waals surface area contributed by atoms with Crippen molar-refractivity contribution in [3.63, 3.8) is 0 Å². The monoisotopic (exact) mass is 700 g/mol. The number of carbonyl (C=O) groups excluding carboxylic acids is 1. The molecule has 4 rings (SSSR count). The molecule has 0 bridgehead atoms. The second-order valence-corrected chi connectivity index (χ2v) is 10.8. The van der Waals surface area contributed by atoms with Crippen LogP contribution >= 0.6 is 37.2 Å². The van der Waals surface area contributed by atoms with Gasteiger partial charge in [0.2, 0.25) is 0 Å². The Labute approximate surface area is 278 Å². The summed E-state index contributed by atoms with van der Waals surface area (Å²) in [5.74, 6) is -0.835. The van der Waals surface area contributed by atoms with Crippen LogP contribution < -0.4 is 5.32 Å². The van der Waals surface area contributed by atoms with Crippen molar-refractivity contribution < 1.29 is 31.1 Å². The van der Waals surface area contributed by atoms with E-state index in [1.807, 2.05) is 44.2 Å². The van der Waals surface area contributed by atoms with Gasteiger partial charge in [0.1, 0.15) is 0 Å². The molecule has 0 unspecified atom stereocenters. The van der Waals surface area contributed by atoms with Crippen molar-refractivity contribution in [3.05, 3.63) is 99.9 Å². The highest BCUT2D eigenvalue weighted by Crippen LogP contribution is 2.37. The van der Waals surface area contributed by atoms with Crippen LogP contribution in [-0.2, 0) is 25.3 Å². The van der Waals surface area contributed by atoms with Crippen molar-refractivity contribution >= 4 is 43.1 Å². The summed E-state index contributed by atoms with van der Waals surface area (Å²) in [6, 6.07) is 10.4. The number of amides is 1. The van der Waals surface area contributed by atoms with E-state index in [9.17, 15) is 31.1 Å². The Kier molecular flexibility index (Phi) is 15.6. The van der Waals surface area contributed by atoms with E-state index in [0.717, 1.165) is 41.8 Å². The van der Waals surface area contributed by atoms with Gasteiger partial charge in [-0.1, -0.05) is 24.3 Å². The Morgan fingerprint density at radius 2 is 1.56 bits per heavy atom. The molecule has 1 atom stereocenters. The molecule has 0 spiro atoms. The molecular formula is C31H37Cl3F6N4O. The van der Waals surface area contributed by atoms with E-state index >= 15 is 0 Å². The molecule has 1 N–H and O–H groups in total. The number of aromatic nitrogens is 1. The van der Waals surface area contributed by atoms with Crippen LogP contribution in [0.15, 0.2) is 60.9 Å². The lowest BCUT2D eigenvalue weighted by molar-refractivity contribution is -0.143. The number of piperazine rings is 1. The predicted molar refractivity (Wildman–Crippen MR) is 170 cm³/mol. The Bertz CT molecular complexity index is 1340. The fourth-order valence-corrected chi connectivity index (χ4v) is 5.17. The molecule has 45 heavy (non-hydrogen) atoms. The number of hydrogen-bond donors (Lipinski definition) is 1. The number of halogens is 9. The summed E-state index contributed by atoms with van der Waals surface area (Å²) in [5.41, 5.74) is 0.565. The van der Waals surface area contributed by atoms with Crippen molar-refractivity contribution in [1.82, 2.24) is 20.1 Å². The molecular weight excluding hydrogens is 665 g/mol. The number of pyridine rings is 1. The third-order valence-electron chi connectivity index (χ3n) is 7.58. The summed E-state index contributed by atoms with van der Waals surface area (Å²) < 4.78 is 80.9. The highest BCUT2D eigenvalue weighted by Gasteiger charge is 2.39. The van der Waals surface area contributed by atoms with Crippen LogP contribution in [0.1, 0.15) is 50.2 Å². The zero-order valence-corrected chi connectivity index (χ0v) is 27.2. The summed E-state index contributed by atoms with van der Waals surface area (Å²) in [4.78, 5) is 21.3. The molecule has 0 saturated carbocycles. The lowest BCUT2D eigenvalue weighted by Gasteiger charge is -2.42. The van der Waals surface area contributed by atoms with Gasteiger partial charge in [-0.25, -0.2) is 0 Å². The fourth-order valence-electron chi connectivity index (χ4n) is 5.17. The molecule has 0 radical (unpaired) electrons. The minimum Gasteiger partial charge on any atom is -0.333 e. The van der Waals surface area contributed by atoms with Crippen molar-refractivity contribution in [2.75, 3.05) is 32.7 Å². The molecule has 2 aromatic carbocycles. The normalized spacial score (nSPS) is 15.5. The maximum atomic E-state index is 13.6. The van der Waals surface area contributed by atoms with Gasteiger partial charge >= 0.3 is 12.4 Å². The number of rotatable bonds is 9. The maximum Gasteiger partial charge on any atom is 0.416 e. The first-order chi connectivity index (χ1) is 19.8. The van der Waals surface area contributed by atoms with Crippen molar-refractivity contribution in [3.8, 4) is 0 Å². The first-order valence-corrected chi connectivity index (χ1v) is 13.8. The summed E-state index contributed by atoms with van der Waals surface area (Å²) in [6.07, 6.45) is -5.30. The van der Waals surface area contributed by atoms with E-state index in [4.69, 9.17) is 0 Å². The zero-order valence-electron chi connectivity index (χ0n) is 24.8. The Balaban J connectivity index is 0.00000337. The average Bonchev–Trinajstić information content (AvgIpc) is 2.94. The van der Waals surface area contributed by atoms with E-state index < -0.39 is 41.0 Å². The molecule has 1 amide bonds. The largest absolute Gasteiger partial charge is 0.416 e. The Hall–Kier alpha value is -2.57. The van der Waals surface area contributed by atoms with E-state index in [0.29, 0.717) is 38.2 Å². The standard InChI is InChI=1S/C31H34F6N4O.3ClH/c1-21-6-7-23(13-22(21)2)14-28-20-40(10-4-9-39-19-24-5-3-8-38-18-24)11-12-41(28)29(42)25-15-26(30(32,33)34)17-27(16-25)31(35,36)37;;;/h3,5-8,13,15-18,28,39H,4,9-12,14,19-20H2,1-2H3;3*1H/t28-;;;/m1.../s1. The van der Waals surface area contributed by atoms with E-state index in [1.165, 1.54) is 4.90 Å². The summed E-state index contributed by atoms with van der Waals surface area (Å²) in [6.45, 7) is 7.21. The third-order valence-corrected chi connectivity index (χ3v) is 7.58. The van der Waals surface area contributed by atoms with Gasteiger partial charge in [0.05, 0.1) is 11.1 Å². The molecule has 1 fully saturated rings. The van der Waals surface area contributed by atoms with E-state index in [-0.39, 0.29) is 49.8 Å². The third kappa shape index (κ3) is 11.3. The predicted octanol–water partition coefficient (Wildman–Crippen LogP) is 7.55. The fraction of sp³-hybridized carbons (Fsp3) is 0.419. The Morgan fingerprint density at radius 3 is 2.13 bits per heavy atom. The van der Waals surface area contributed by atoms with Gasteiger partial charge < -0.3 is 10.2 Å². The molecule has 1 saturated heterocycles. The van der Waals surface area contributed by atoms with Gasteiger partial charge in [-0.2, -0.15) is 26.3 Å². The van der Waals surface area contributed by atoms with Gasteiger partial charge in [-0.05, 0) is 86.3 Å². The molecule has 2 heterocycles. The van der Waals surface area contributed by atoms with Crippen molar-refractivity contribution in [2.24, 2.45) is 0 Å². The summed E-state index contributed by atoms with van der Waals surface area (Å²) in [5, 5.41) is 3.37. The van der Waals surface area contributed by atoms with Crippen LogP contribution in [0.3, 0.4) is 0 Å². The molecule has 3 aromatic rings. The molecule has 1 aromatic heterocycles. The first kappa shape index (κ1) is 40.5. The van der Waals surface area contributed by atoms with Crippen LogP contribution in [0.25, 0.3) is 0 Å². The van der Waals surface area contributed by atoms with Crippen LogP contribution in [0.4, 0.5) is 26.3 Å². The second-order valence-electron chi connectivity index (χ2n) is 10.8. The van der Waals surface area contributed by atoms with E-state index in [1.54, 1.807) is 12.4 Å². The molecule has 0 aliphatic carbocycles. The molecule has 1 aliphatic heterocycles. The van der Waals surface area contributed by atoms with Crippen LogP contribution in [0.5, 0.6) is 0 Å². The van der Waals surface area contributed by atoms with Gasteiger partial charge in [-0.15, -0.1) is 37.2 Å². The number of aryl methyl sites for hydroxylation is 2. The number of nitrogens with one attached hydrogen (secondary N) is 1. The molecule has 250 valence electrons. The molecule has 14 heteroatoms. The van der Waals surface area contributed by atoms with Crippen LogP contribution in [0, 0.1) is 13.8 Å². The average molecular weight is 702 g/mol. The van der Waals surface area contributed by atoms with Crippen molar-refractivity contribution in [1.29, 1.82) is 0 Å². The molecule has 1 aliphatic rings. The number of hydrogen-bond acceptors (Lipinski definition) is 4. The lowest BCUT2D eigenvalue weighted by Crippen LogP contribution is -2.56. The van der Waals surface area contributed by atoms with Gasteiger partial charge in [0.15, 0.2) is 0 Å². The summed E-state index contributed by atoms with van der Waals surface area (Å²) in [7, 11) is 0. The second kappa shape index (κ2) is 17.4. The van der Waals surface area contributed by atoms with Crippen LogP contribution in [-0.4, -0.2) is 59.5 Å². The minimum absolute atomic E-state index is 0. The highest BCUT2D eigenvalue weighted by atomic mass is 35.5. The maximum absolute atomic E-state index is 13.6. The van der Waals surface area contributed by atoms with Gasteiger partial charge in [0, 0.05) is 50.2 Å². The Morgan fingerprint density at radius 1 is 0.889 bits per heavy atom. The minimum atomic E-state index is -5.03. The van der Waals surface area contributed by atoms with Crippen LogP contribution in [0.2, 0.25) is 0 Å². The number of carbonyl (C=O) groups is 1. The molecule has 5 nitrogen and oxygen atoms in total. The zero-order chi connectivity index (χ0) is 30.5. The highest BCUT2D eigenvalue weighted by molar-refractivity contribution is 5.95. The van der Waals surface area contributed by atoms with Gasteiger partial charge in [0.25, 0.3) is 5.91 Å². The topological polar surface area (TPSA) is 48.5 Å². The number of alkyl halides is 6. The SMILES string of the molecule is Cc1ccc(C[C@@H]2CN(CCCNCc3cccnc3)CCN2C(=O)c2cc(C(F)(F)F)cc(C(F)(F)F)c2)cc1C.Cl.Cl.Cl. The summed E-state index contributed by atoms with van der Waals surface area (Å²) >= 11 is 0. The quantitative estimate of drug-likeness (QED) is 0.185. The smallest absolute Gasteiger partial charge is 0.333 e. The lowest BCUT2D eigenvalue weighted by atomic mass is 9.97. The van der Waals surface area contributed by atoms with Gasteiger partial charge in [-0.3, -0.25) is 14.7 Å². The van der Waals surface area contributed by atoms with Crippen molar-refractivity contribution in [2.45, 2.75) is 51.6 Å². The number of nitrogens with zero attached hydrogens (tertiary/aromatic N) is 3.